The number of nitrogens with zero attached hydrogens (tertiary/aromatic N) is 6. The number of hydrogen-bond donors (Lipinski definition) is 0. The summed E-state index contributed by atoms with van der Waals surface area (Å²) in [5.74, 6) is 1.23. The summed E-state index contributed by atoms with van der Waals surface area (Å²) in [7, 11) is 0. The van der Waals surface area contributed by atoms with Gasteiger partial charge in [0.25, 0.3) is 0 Å². The maximum Gasteiger partial charge on any atom is 0.573 e. The standard InChI is InChI=1S/C35H37F3N6O2S/c1-4-25(21-42-18-5-6-27-8-7-23(2)20-31(27)44-24(3)17-19-47-34(44)40-33(42)45)26-9-11-28(12-10-26)32-39-22-43(41-32)29-13-15-30(16-14-29)46-35(36,37)38/h7-16,20,22,24-25H,4-6,17-19,21H2,1-3H3/b40-34-. The maximum atomic E-state index is 13.7. The Hall–Kier alpha value is -4.32. The molecular formula is C35H37F3N6O2S. The number of rotatable bonds is 7. The molecule has 2 unspecified atom stereocenters. The zero-order valence-corrected chi connectivity index (χ0v) is 27.4. The van der Waals surface area contributed by atoms with Crippen molar-refractivity contribution in [3.8, 4) is 22.8 Å². The van der Waals surface area contributed by atoms with Gasteiger partial charge in [-0.05, 0) is 86.6 Å². The van der Waals surface area contributed by atoms with Crippen molar-refractivity contribution in [2.75, 3.05) is 23.7 Å². The number of ether oxygens (including phenoxy) is 1. The minimum Gasteiger partial charge on any atom is -0.406 e. The number of carbonyl (C=O) groups excluding carboxylic acids is 1. The third kappa shape index (κ3) is 7.64. The molecule has 246 valence electrons. The molecule has 2 amide bonds. The molecule has 1 saturated heterocycles. The highest BCUT2D eigenvalue weighted by Gasteiger charge is 2.32. The lowest BCUT2D eigenvalue weighted by molar-refractivity contribution is -0.274. The molecule has 4 aromatic rings. The van der Waals surface area contributed by atoms with Gasteiger partial charge in [-0.1, -0.05) is 55.1 Å². The Kier molecular flexibility index (Phi) is 9.58. The first-order valence-electron chi connectivity index (χ1n) is 15.9. The van der Waals surface area contributed by atoms with Crippen molar-refractivity contribution in [2.24, 2.45) is 4.99 Å². The van der Waals surface area contributed by atoms with Crippen molar-refractivity contribution in [2.45, 2.75) is 64.8 Å². The number of alkyl halides is 3. The van der Waals surface area contributed by atoms with Crippen molar-refractivity contribution in [1.29, 1.82) is 0 Å². The van der Waals surface area contributed by atoms with Gasteiger partial charge in [-0.3, -0.25) is 0 Å². The Balaban J connectivity index is 1.17. The summed E-state index contributed by atoms with van der Waals surface area (Å²) in [5.41, 5.74) is 6.12. The van der Waals surface area contributed by atoms with Crippen LogP contribution in [0.5, 0.6) is 5.75 Å². The second kappa shape index (κ2) is 13.8. The normalized spacial score (nSPS) is 19.0. The Labute approximate surface area is 276 Å². The molecule has 1 fully saturated rings. The molecule has 0 aliphatic carbocycles. The van der Waals surface area contributed by atoms with Crippen molar-refractivity contribution in [3.63, 3.8) is 0 Å². The van der Waals surface area contributed by atoms with E-state index in [1.807, 2.05) is 29.2 Å². The van der Waals surface area contributed by atoms with Gasteiger partial charge in [-0.25, -0.2) is 14.5 Å². The largest absolute Gasteiger partial charge is 0.573 e. The fourth-order valence-electron chi connectivity index (χ4n) is 6.08. The molecule has 2 aliphatic rings. The third-order valence-electron chi connectivity index (χ3n) is 8.65. The van der Waals surface area contributed by atoms with Crippen LogP contribution < -0.4 is 9.64 Å². The van der Waals surface area contributed by atoms with Gasteiger partial charge < -0.3 is 14.5 Å². The van der Waals surface area contributed by atoms with Crippen LogP contribution in [0.15, 0.2) is 78.0 Å². The number of benzene rings is 3. The smallest absolute Gasteiger partial charge is 0.406 e. The minimum absolute atomic E-state index is 0.114. The maximum absolute atomic E-state index is 13.7. The number of amides is 2. The van der Waals surface area contributed by atoms with Crippen LogP contribution in [-0.2, 0) is 6.42 Å². The summed E-state index contributed by atoms with van der Waals surface area (Å²) >= 11 is 1.66. The highest BCUT2D eigenvalue weighted by Crippen LogP contribution is 2.34. The third-order valence-corrected chi connectivity index (χ3v) is 9.64. The molecule has 3 aromatic carbocycles. The number of fused-ring (bicyclic) bond motifs is 3. The van der Waals surface area contributed by atoms with E-state index in [1.54, 1.807) is 11.8 Å². The molecule has 1 aromatic heterocycles. The molecule has 6 rings (SSSR count). The number of amidine groups is 1. The molecule has 0 spiro atoms. The van der Waals surface area contributed by atoms with E-state index in [4.69, 9.17) is 4.99 Å². The summed E-state index contributed by atoms with van der Waals surface area (Å²) in [6, 6.07) is 20.1. The number of carbonyl (C=O) groups is 1. The number of aromatic nitrogens is 3. The van der Waals surface area contributed by atoms with E-state index in [0.717, 1.165) is 47.7 Å². The van der Waals surface area contributed by atoms with Gasteiger partial charge in [0.05, 0.1) is 5.69 Å². The molecule has 12 heteroatoms. The Morgan fingerprint density at radius 2 is 1.83 bits per heavy atom. The van der Waals surface area contributed by atoms with E-state index >= 15 is 0 Å². The van der Waals surface area contributed by atoms with Crippen LogP contribution in [0.4, 0.5) is 23.7 Å². The van der Waals surface area contributed by atoms with E-state index in [0.29, 0.717) is 24.6 Å². The summed E-state index contributed by atoms with van der Waals surface area (Å²) < 4.78 is 42.9. The molecule has 2 atom stereocenters. The molecule has 0 saturated carbocycles. The van der Waals surface area contributed by atoms with E-state index < -0.39 is 6.36 Å². The van der Waals surface area contributed by atoms with Crippen molar-refractivity contribution in [1.82, 2.24) is 19.7 Å². The van der Waals surface area contributed by atoms with E-state index in [1.165, 1.54) is 52.1 Å². The molecule has 0 bridgehead atoms. The Bertz CT molecular complexity index is 1740. The van der Waals surface area contributed by atoms with Gasteiger partial charge >= 0.3 is 12.4 Å². The number of anilines is 1. The summed E-state index contributed by atoms with van der Waals surface area (Å²) in [4.78, 5) is 27.0. The first kappa shape index (κ1) is 32.6. The monoisotopic (exact) mass is 662 g/mol. The lowest BCUT2D eigenvalue weighted by atomic mass is 9.94. The van der Waals surface area contributed by atoms with Gasteiger partial charge in [0.2, 0.25) is 0 Å². The van der Waals surface area contributed by atoms with Crippen molar-refractivity contribution >= 4 is 28.6 Å². The molecule has 0 N–H and O–H groups in total. The fraction of sp³-hybridized carbons (Fsp3) is 0.371. The van der Waals surface area contributed by atoms with Gasteiger partial charge in [0.15, 0.2) is 11.0 Å². The van der Waals surface area contributed by atoms with Crippen LogP contribution in [0.3, 0.4) is 0 Å². The van der Waals surface area contributed by atoms with Gasteiger partial charge in [0.1, 0.15) is 12.1 Å². The van der Waals surface area contributed by atoms with Crippen LogP contribution in [0.1, 0.15) is 55.7 Å². The first-order valence-corrected chi connectivity index (χ1v) is 16.8. The Morgan fingerprint density at radius 3 is 2.55 bits per heavy atom. The van der Waals surface area contributed by atoms with Gasteiger partial charge in [-0.2, -0.15) is 4.99 Å². The number of urea groups is 1. The molecule has 8 nitrogen and oxygen atoms in total. The summed E-state index contributed by atoms with van der Waals surface area (Å²) in [6.07, 6.45) is 0.388. The predicted octanol–water partition coefficient (Wildman–Crippen LogP) is 8.39. The zero-order valence-electron chi connectivity index (χ0n) is 26.6. The molecule has 3 heterocycles. The van der Waals surface area contributed by atoms with Crippen molar-refractivity contribution < 1.29 is 22.7 Å². The highest BCUT2D eigenvalue weighted by atomic mass is 32.2. The molecule has 2 aliphatic heterocycles. The van der Waals surface area contributed by atoms with E-state index in [-0.39, 0.29) is 23.7 Å². The van der Waals surface area contributed by atoms with Crippen LogP contribution in [-0.4, -0.2) is 62.1 Å². The van der Waals surface area contributed by atoms with Crippen LogP contribution >= 0.6 is 11.8 Å². The minimum atomic E-state index is -4.75. The first-order chi connectivity index (χ1) is 22.6. The number of aryl methyl sites for hydroxylation is 2. The quantitative estimate of drug-likeness (QED) is 0.198. The van der Waals surface area contributed by atoms with Crippen molar-refractivity contribution in [3.05, 3.63) is 89.7 Å². The van der Waals surface area contributed by atoms with Crippen LogP contribution in [0, 0.1) is 6.92 Å². The highest BCUT2D eigenvalue weighted by molar-refractivity contribution is 8.14. The van der Waals surface area contributed by atoms with Crippen LogP contribution in [0.2, 0.25) is 0 Å². The van der Waals surface area contributed by atoms with Gasteiger partial charge in [-0.15, -0.1) is 18.3 Å². The van der Waals surface area contributed by atoms with Gasteiger partial charge in [0, 0.05) is 42.1 Å². The average Bonchev–Trinajstić information content (AvgIpc) is 3.53. The second-order valence-electron chi connectivity index (χ2n) is 12.0. The lowest BCUT2D eigenvalue weighted by Crippen LogP contribution is -2.44. The van der Waals surface area contributed by atoms with E-state index in [9.17, 15) is 18.0 Å². The molecule has 0 radical (unpaired) electrons. The predicted molar refractivity (Wildman–Crippen MR) is 179 cm³/mol. The SMILES string of the molecule is CCC(CN1CCCc2ccc(C)cc2N2/C(=N/C1=O)SCCC2C)c1ccc(-c2ncn(-c3ccc(OC(F)(F)F)cc3)n2)cc1. The van der Waals surface area contributed by atoms with Crippen LogP contribution in [0.25, 0.3) is 17.1 Å². The number of thioether (sulfide) groups is 1. The number of halogens is 3. The topological polar surface area (TPSA) is 75.8 Å². The lowest BCUT2D eigenvalue weighted by Gasteiger charge is -2.38. The second-order valence-corrected chi connectivity index (χ2v) is 13.1. The zero-order chi connectivity index (χ0) is 33.1. The Morgan fingerprint density at radius 1 is 1.06 bits per heavy atom. The van der Waals surface area contributed by atoms with E-state index in [2.05, 4.69) is 58.7 Å². The number of aliphatic imine (C=N–C) groups is 1. The summed E-state index contributed by atoms with van der Waals surface area (Å²) in [6.45, 7) is 7.63. The molecule has 47 heavy (non-hydrogen) atoms. The molecular weight excluding hydrogens is 625 g/mol. The summed E-state index contributed by atoms with van der Waals surface area (Å²) in [5, 5.41) is 5.30. The fourth-order valence-corrected chi connectivity index (χ4v) is 7.28. The number of hydrogen-bond acceptors (Lipinski definition) is 6. The average molecular weight is 663 g/mol.